The maximum absolute atomic E-state index is 12.9. The van der Waals surface area contributed by atoms with Crippen LogP contribution in [0.25, 0.3) is 10.4 Å². The Hall–Kier alpha value is -4.02. The molecule has 1 heterocycles. The van der Waals surface area contributed by atoms with E-state index < -0.39 is 30.8 Å². The molecule has 0 aliphatic carbocycles. The minimum atomic E-state index is -3.26. The van der Waals surface area contributed by atoms with Gasteiger partial charge in [0.2, 0.25) is 0 Å². The van der Waals surface area contributed by atoms with Crippen LogP contribution in [-0.4, -0.2) is 29.9 Å². The summed E-state index contributed by atoms with van der Waals surface area (Å²) >= 11 is 0. The van der Waals surface area contributed by atoms with Crippen LogP contribution in [0.5, 0.6) is 11.5 Å². The predicted octanol–water partition coefficient (Wildman–Crippen LogP) is 5.97. The van der Waals surface area contributed by atoms with Crippen molar-refractivity contribution in [3.63, 3.8) is 0 Å². The van der Waals surface area contributed by atoms with Crippen LogP contribution in [0.3, 0.4) is 0 Å². The van der Waals surface area contributed by atoms with Crippen LogP contribution < -0.4 is 14.4 Å². The van der Waals surface area contributed by atoms with Gasteiger partial charge in [0.05, 0.1) is 12.6 Å². The highest BCUT2D eigenvalue weighted by molar-refractivity contribution is 5.67. The molecule has 1 atom stereocenters. The van der Waals surface area contributed by atoms with Crippen LogP contribution in [0.4, 0.5) is 28.9 Å². The third kappa shape index (κ3) is 6.74. The summed E-state index contributed by atoms with van der Waals surface area (Å²) < 4.78 is 60.0. The highest BCUT2D eigenvalue weighted by Gasteiger charge is 2.19. The van der Waals surface area contributed by atoms with Gasteiger partial charge in [-0.25, -0.2) is 0 Å². The maximum atomic E-state index is 12.9. The fraction of sp³-hybridized carbons (Fsp3) is 0.227. The number of aromatic nitrogens is 1. The Labute approximate surface area is 191 Å². The number of benzene rings is 2. The van der Waals surface area contributed by atoms with E-state index in [1.165, 1.54) is 6.07 Å². The van der Waals surface area contributed by atoms with Gasteiger partial charge in [-0.2, -0.15) is 17.6 Å². The summed E-state index contributed by atoms with van der Waals surface area (Å²) in [6.45, 7) is -6.46. The van der Waals surface area contributed by atoms with Crippen LogP contribution in [0.15, 0.2) is 72.1 Å². The maximum Gasteiger partial charge on any atom is 0.387 e. The Balaban J connectivity index is 2.05. The highest BCUT2D eigenvalue weighted by atomic mass is 19.3. The zero-order chi connectivity index (χ0) is 24.5. The molecule has 0 amide bonds. The molecule has 0 saturated carbocycles. The van der Waals surface area contributed by atoms with E-state index in [1.807, 2.05) is 0 Å². The average Bonchev–Trinajstić information content (AvgIpc) is 2.82. The van der Waals surface area contributed by atoms with Crippen molar-refractivity contribution in [2.45, 2.75) is 25.9 Å². The number of alkyl halides is 4. The van der Waals surface area contributed by atoms with Crippen LogP contribution in [0.2, 0.25) is 0 Å². The second-order valence-electron chi connectivity index (χ2n) is 6.86. The summed E-state index contributed by atoms with van der Waals surface area (Å²) in [4.78, 5) is 8.39. The minimum Gasteiger partial charge on any atom is -0.431 e. The number of anilines is 2. The van der Waals surface area contributed by atoms with E-state index in [0.717, 1.165) is 17.7 Å². The van der Waals surface area contributed by atoms with Crippen molar-refractivity contribution in [2.75, 3.05) is 11.4 Å². The van der Waals surface area contributed by atoms with Gasteiger partial charge >= 0.3 is 13.2 Å². The van der Waals surface area contributed by atoms with Gasteiger partial charge in [-0.15, -0.1) is 0 Å². The molecular formula is C22H19F4N5O3. The first kappa shape index (κ1) is 24.6. The second kappa shape index (κ2) is 11.7. The molecule has 0 fully saturated rings. The van der Waals surface area contributed by atoms with E-state index in [1.54, 1.807) is 53.7 Å². The molecule has 2 aromatic carbocycles. The molecule has 3 rings (SSSR count). The molecule has 0 bridgehead atoms. The molecule has 1 unspecified atom stereocenters. The van der Waals surface area contributed by atoms with Gasteiger partial charge in [-0.05, 0) is 47.0 Å². The quantitative estimate of drug-likeness (QED) is 0.159. The largest absolute Gasteiger partial charge is 0.431 e. The standard InChI is InChI=1S/C22H19F4N5O3/c23-21(24)33-19-7-6-17(10-20(19)34-22(25)26)31(13-14-3-2-8-28-11-14)16-5-1-4-15(9-16)18(32)12-29-30-27/h1-11,18,21-22,32H,12-13H2. The summed E-state index contributed by atoms with van der Waals surface area (Å²) in [5.41, 5.74) is 10.6. The summed E-state index contributed by atoms with van der Waals surface area (Å²) in [5, 5.41) is 13.7. The number of nitrogens with zero attached hydrogens (tertiary/aromatic N) is 5. The van der Waals surface area contributed by atoms with Crippen molar-refractivity contribution in [3.05, 3.63) is 88.6 Å². The van der Waals surface area contributed by atoms with Gasteiger partial charge in [0.25, 0.3) is 0 Å². The van der Waals surface area contributed by atoms with Gasteiger partial charge in [-0.1, -0.05) is 23.3 Å². The van der Waals surface area contributed by atoms with Crippen LogP contribution in [0.1, 0.15) is 17.2 Å². The first-order valence-corrected chi connectivity index (χ1v) is 9.86. The number of hydrogen-bond donors (Lipinski definition) is 1. The molecule has 12 heteroatoms. The zero-order valence-electron chi connectivity index (χ0n) is 17.5. The first-order valence-electron chi connectivity index (χ1n) is 9.86. The molecule has 0 saturated heterocycles. The summed E-state index contributed by atoms with van der Waals surface area (Å²) in [5.74, 6) is -1.11. The minimum absolute atomic E-state index is 0.186. The Morgan fingerprint density at radius 1 is 0.971 bits per heavy atom. The van der Waals surface area contributed by atoms with Crippen LogP contribution >= 0.6 is 0 Å². The fourth-order valence-corrected chi connectivity index (χ4v) is 3.17. The van der Waals surface area contributed by atoms with E-state index in [9.17, 15) is 22.7 Å². The van der Waals surface area contributed by atoms with Crippen molar-refractivity contribution in [1.29, 1.82) is 0 Å². The Kier molecular flexibility index (Phi) is 8.49. The fourth-order valence-electron chi connectivity index (χ4n) is 3.17. The van der Waals surface area contributed by atoms with E-state index >= 15 is 0 Å². The van der Waals surface area contributed by atoms with Crippen molar-refractivity contribution in [3.8, 4) is 11.5 Å². The summed E-state index contributed by atoms with van der Waals surface area (Å²) in [6, 6.07) is 13.8. The molecule has 178 valence electrons. The Bertz CT molecular complexity index is 1130. The highest BCUT2D eigenvalue weighted by Crippen LogP contribution is 2.38. The number of rotatable bonds is 11. The lowest BCUT2D eigenvalue weighted by molar-refractivity contribution is -0.0692. The van der Waals surface area contributed by atoms with Gasteiger partial charge < -0.3 is 19.5 Å². The lowest BCUT2D eigenvalue weighted by Gasteiger charge is -2.27. The van der Waals surface area contributed by atoms with E-state index in [0.29, 0.717) is 16.9 Å². The Morgan fingerprint density at radius 2 is 1.71 bits per heavy atom. The zero-order valence-corrected chi connectivity index (χ0v) is 17.5. The van der Waals surface area contributed by atoms with Crippen LogP contribution in [0, 0.1) is 0 Å². The SMILES string of the molecule is [N-]=[N+]=NCC(O)c1cccc(N(Cc2cccnc2)c2ccc(OC(F)F)c(OC(F)F)c2)c1. The molecular weight excluding hydrogens is 458 g/mol. The van der Waals surface area contributed by atoms with Gasteiger partial charge in [0, 0.05) is 41.3 Å². The topological polar surface area (TPSA) is 104 Å². The second-order valence-corrected chi connectivity index (χ2v) is 6.86. The molecule has 0 spiro atoms. The predicted molar refractivity (Wildman–Crippen MR) is 115 cm³/mol. The lowest BCUT2D eigenvalue weighted by atomic mass is 10.1. The monoisotopic (exact) mass is 477 g/mol. The molecule has 1 aromatic heterocycles. The molecule has 1 N–H and O–H groups in total. The van der Waals surface area contributed by atoms with Gasteiger partial charge in [0.15, 0.2) is 11.5 Å². The lowest BCUT2D eigenvalue weighted by Crippen LogP contribution is -2.18. The molecule has 0 aliphatic rings. The summed E-state index contributed by atoms with van der Waals surface area (Å²) in [6.07, 6.45) is 2.12. The van der Waals surface area contributed by atoms with E-state index in [2.05, 4.69) is 24.5 Å². The normalized spacial score (nSPS) is 11.7. The molecule has 34 heavy (non-hydrogen) atoms. The first-order chi connectivity index (χ1) is 16.4. The van der Waals surface area contributed by atoms with Crippen LogP contribution in [-0.2, 0) is 6.54 Å². The number of hydrogen-bond acceptors (Lipinski definition) is 6. The molecule has 0 radical (unpaired) electrons. The molecule has 8 nitrogen and oxygen atoms in total. The van der Waals surface area contributed by atoms with Crippen molar-refractivity contribution >= 4 is 11.4 Å². The van der Waals surface area contributed by atoms with E-state index in [-0.39, 0.29) is 13.1 Å². The number of aliphatic hydroxyl groups excluding tert-OH is 1. The molecule has 0 aliphatic heterocycles. The van der Waals surface area contributed by atoms with Gasteiger partial charge in [0.1, 0.15) is 0 Å². The van der Waals surface area contributed by atoms with Crippen molar-refractivity contribution in [1.82, 2.24) is 4.98 Å². The smallest absolute Gasteiger partial charge is 0.387 e. The summed E-state index contributed by atoms with van der Waals surface area (Å²) in [7, 11) is 0. The number of halogens is 4. The number of aliphatic hydroxyl groups is 1. The third-order valence-corrected chi connectivity index (χ3v) is 4.62. The Morgan fingerprint density at radius 3 is 2.38 bits per heavy atom. The van der Waals surface area contributed by atoms with Crippen molar-refractivity contribution in [2.24, 2.45) is 5.11 Å². The van der Waals surface area contributed by atoms with Gasteiger partial charge in [-0.3, -0.25) is 4.98 Å². The average molecular weight is 477 g/mol. The van der Waals surface area contributed by atoms with E-state index in [4.69, 9.17) is 5.53 Å². The number of pyridine rings is 1. The molecule has 3 aromatic rings. The third-order valence-electron chi connectivity index (χ3n) is 4.62. The number of azide groups is 1. The van der Waals surface area contributed by atoms with Crippen molar-refractivity contribution < 1.29 is 32.1 Å². The number of ether oxygens (including phenoxy) is 2.